The van der Waals surface area contributed by atoms with E-state index in [9.17, 15) is 33.5 Å². The highest BCUT2D eigenvalue weighted by Crippen LogP contribution is 2.60. The van der Waals surface area contributed by atoms with E-state index in [0.29, 0.717) is 29.2 Å². The zero-order valence-electron chi connectivity index (χ0n) is 22.3. The molecule has 0 saturated carbocycles. The van der Waals surface area contributed by atoms with E-state index in [0.717, 1.165) is 31.4 Å². The molecule has 218 valence electrons. The predicted octanol–water partition coefficient (Wildman–Crippen LogP) is 5.24. The van der Waals surface area contributed by atoms with Crippen LogP contribution in [0.4, 0.5) is 10.5 Å². The summed E-state index contributed by atoms with van der Waals surface area (Å²) < 4.78 is 28.9. The summed E-state index contributed by atoms with van der Waals surface area (Å²) in [6.45, 7) is 7.37. The molecule has 0 atom stereocenters. The average molecular weight is 614 g/mol. The number of halogens is 1. The van der Waals surface area contributed by atoms with Gasteiger partial charge in [0.05, 0.1) is 11.2 Å². The number of anilines is 1. The van der Waals surface area contributed by atoms with Gasteiger partial charge < -0.3 is 29.2 Å². The largest absolute Gasteiger partial charge is 0.419 e. The number of ether oxygens (including phenoxy) is 1. The summed E-state index contributed by atoms with van der Waals surface area (Å²) in [7, 11) is -10.1. The van der Waals surface area contributed by atoms with Crippen LogP contribution in [-0.4, -0.2) is 67.1 Å². The normalized spacial score (nSPS) is 12.3. The molecule has 11 nitrogen and oxygen atoms in total. The van der Waals surface area contributed by atoms with E-state index >= 15 is 0 Å². The molecule has 3 rings (SSSR count). The van der Waals surface area contributed by atoms with Gasteiger partial charge in [-0.1, -0.05) is 37.6 Å². The molecule has 0 aliphatic rings. The molecule has 0 saturated heterocycles. The van der Waals surface area contributed by atoms with Crippen LogP contribution in [0.25, 0.3) is 10.9 Å². The fourth-order valence-electron chi connectivity index (χ4n) is 4.29. The Kier molecular flexibility index (Phi) is 11.3. The van der Waals surface area contributed by atoms with Gasteiger partial charge in [0.1, 0.15) is 5.75 Å². The zero-order valence-corrected chi connectivity index (χ0v) is 24.8. The minimum absolute atomic E-state index is 0.159. The van der Waals surface area contributed by atoms with Crippen LogP contribution in [0.3, 0.4) is 0 Å². The number of amides is 1. The lowest BCUT2D eigenvalue weighted by molar-refractivity contribution is 0.207. The summed E-state index contributed by atoms with van der Waals surface area (Å²) in [4.78, 5) is 59.2. The zero-order chi connectivity index (χ0) is 29.5. The molecule has 0 aliphatic carbocycles. The van der Waals surface area contributed by atoms with Crippen molar-refractivity contribution >= 4 is 49.5 Å². The van der Waals surface area contributed by atoms with E-state index < -0.39 is 33.1 Å². The molecule has 0 spiro atoms. The van der Waals surface area contributed by atoms with Crippen molar-refractivity contribution in [1.29, 1.82) is 0 Å². The number of nitrogens with zero attached hydrogens (tertiary/aromatic N) is 3. The average Bonchev–Trinajstić information content (AvgIpc) is 2.88. The lowest BCUT2D eigenvalue weighted by Gasteiger charge is -2.24. The van der Waals surface area contributed by atoms with Crippen molar-refractivity contribution in [3.05, 3.63) is 65.3 Å². The second kappa shape index (κ2) is 14.0. The van der Waals surface area contributed by atoms with Crippen molar-refractivity contribution in [3.8, 4) is 5.75 Å². The first-order chi connectivity index (χ1) is 18.8. The highest BCUT2D eigenvalue weighted by molar-refractivity contribution is 7.70. The number of carbonyl (C=O) groups excluding carboxylic acids is 1. The molecule has 0 unspecified atom stereocenters. The maximum Gasteiger partial charge on any atom is 0.419 e. The highest BCUT2D eigenvalue weighted by atomic mass is 35.5. The van der Waals surface area contributed by atoms with Crippen molar-refractivity contribution < 1.29 is 38.2 Å². The van der Waals surface area contributed by atoms with Gasteiger partial charge in [0.15, 0.2) is 5.40 Å². The summed E-state index contributed by atoms with van der Waals surface area (Å²) in [6, 6.07) is 12.6. The van der Waals surface area contributed by atoms with Gasteiger partial charge in [0.25, 0.3) is 0 Å². The van der Waals surface area contributed by atoms with Gasteiger partial charge in [-0.05, 0) is 80.9 Å². The molecular formula is C26H34ClN3O8P2. The Labute approximate surface area is 238 Å². The van der Waals surface area contributed by atoms with Gasteiger partial charge in [-0.25, -0.2) is 4.79 Å². The molecule has 0 fully saturated rings. The van der Waals surface area contributed by atoms with Crippen LogP contribution in [0, 0.1) is 0 Å². The number of rotatable bonds is 13. The molecule has 0 aliphatic heterocycles. The molecule has 1 aromatic heterocycles. The van der Waals surface area contributed by atoms with Gasteiger partial charge in [-0.15, -0.1) is 0 Å². The number of hydrogen-bond donors (Lipinski definition) is 4. The Morgan fingerprint density at radius 3 is 2.17 bits per heavy atom. The van der Waals surface area contributed by atoms with E-state index in [1.54, 1.807) is 30.5 Å². The number of pyridine rings is 1. The van der Waals surface area contributed by atoms with Crippen molar-refractivity contribution in [2.45, 2.75) is 38.5 Å². The second-order valence-corrected chi connectivity index (χ2v) is 13.7. The van der Waals surface area contributed by atoms with Crippen LogP contribution in [-0.2, 0) is 15.6 Å². The maximum atomic E-state index is 13.4. The summed E-state index contributed by atoms with van der Waals surface area (Å²) >= 11 is 6.14. The van der Waals surface area contributed by atoms with E-state index in [1.165, 1.54) is 29.2 Å². The van der Waals surface area contributed by atoms with Crippen LogP contribution in [0.5, 0.6) is 5.75 Å². The summed E-state index contributed by atoms with van der Waals surface area (Å²) in [5.41, 5.74) is 1.50. The van der Waals surface area contributed by atoms with Crippen LogP contribution >= 0.6 is 26.8 Å². The van der Waals surface area contributed by atoms with Crippen molar-refractivity contribution in [3.63, 3.8) is 0 Å². The third-order valence-electron chi connectivity index (χ3n) is 6.52. The molecule has 1 amide bonds. The number of hydrogen-bond acceptors (Lipinski definition) is 6. The summed E-state index contributed by atoms with van der Waals surface area (Å²) in [5, 5.41) is -0.914. The highest BCUT2D eigenvalue weighted by Gasteiger charge is 2.43. The number of carbonyl (C=O) groups is 1. The van der Waals surface area contributed by atoms with Crippen molar-refractivity contribution in [1.82, 2.24) is 9.88 Å². The molecule has 14 heteroatoms. The van der Waals surface area contributed by atoms with Crippen LogP contribution in [0.15, 0.2) is 54.7 Å². The van der Waals surface area contributed by atoms with Crippen LogP contribution in [0.2, 0.25) is 5.02 Å². The topological polar surface area (TPSA) is 161 Å². The standard InChI is InChI=1S/C26H34ClN3O8P2/c1-3-29(4-2)15-5-6-16-30(24-13-14-28-23-18-20(27)9-12-22(23)24)26(31)38-21-10-7-19(8-11-21)17-25(39(32,33)34)40(35,36)37/h7-14,18,25H,3-6,15-17H2,1-2H3,(H2,32,33,34)(H2,35,36,37). The van der Waals surface area contributed by atoms with Crippen LogP contribution in [0.1, 0.15) is 32.3 Å². The number of unbranched alkanes of at least 4 members (excludes halogenated alkanes) is 1. The molecule has 2 aromatic carbocycles. The predicted molar refractivity (Wildman–Crippen MR) is 155 cm³/mol. The van der Waals surface area contributed by atoms with E-state index in [4.69, 9.17) is 16.3 Å². The molecular weight excluding hydrogens is 580 g/mol. The summed E-state index contributed by atoms with van der Waals surface area (Å²) in [6.07, 6.45) is 2.00. The van der Waals surface area contributed by atoms with E-state index in [-0.39, 0.29) is 11.3 Å². The van der Waals surface area contributed by atoms with Crippen LogP contribution < -0.4 is 9.64 Å². The quantitative estimate of drug-likeness (QED) is 0.148. The first kappa shape index (κ1) is 32.2. The minimum Gasteiger partial charge on any atom is -0.410 e. The SMILES string of the molecule is CCN(CC)CCCCN(C(=O)Oc1ccc(CC(P(=O)(O)O)P(=O)(O)O)cc1)c1ccnc2cc(Cl)ccc12. The van der Waals surface area contributed by atoms with Crippen molar-refractivity contribution in [2.75, 3.05) is 31.1 Å². The van der Waals surface area contributed by atoms with Gasteiger partial charge in [0.2, 0.25) is 0 Å². The third kappa shape index (κ3) is 8.83. The Hall–Kier alpha value is -2.33. The van der Waals surface area contributed by atoms with Gasteiger partial charge >= 0.3 is 21.3 Å². The number of aromatic nitrogens is 1. The Morgan fingerprint density at radius 2 is 1.57 bits per heavy atom. The monoisotopic (exact) mass is 613 g/mol. The third-order valence-corrected chi connectivity index (χ3v) is 10.5. The minimum atomic E-state index is -5.06. The van der Waals surface area contributed by atoms with Gasteiger partial charge in [0, 0.05) is 23.2 Å². The van der Waals surface area contributed by atoms with E-state index in [2.05, 4.69) is 23.7 Å². The fraction of sp³-hybridized carbons (Fsp3) is 0.385. The second-order valence-electron chi connectivity index (χ2n) is 9.25. The van der Waals surface area contributed by atoms with Crippen molar-refractivity contribution in [2.24, 2.45) is 0 Å². The Balaban J connectivity index is 1.81. The lowest BCUT2D eigenvalue weighted by Crippen LogP contribution is -2.35. The first-order valence-electron chi connectivity index (χ1n) is 12.8. The molecule has 40 heavy (non-hydrogen) atoms. The van der Waals surface area contributed by atoms with Gasteiger partial charge in [-0.3, -0.25) is 19.0 Å². The first-order valence-corrected chi connectivity index (χ1v) is 16.5. The Bertz CT molecular complexity index is 1370. The molecule has 4 N–H and O–H groups in total. The smallest absolute Gasteiger partial charge is 0.410 e. The summed E-state index contributed by atoms with van der Waals surface area (Å²) in [5.74, 6) is 0.159. The van der Waals surface area contributed by atoms with Gasteiger partial charge in [-0.2, -0.15) is 0 Å². The number of benzene rings is 2. The lowest BCUT2D eigenvalue weighted by atomic mass is 10.1. The molecule has 0 radical (unpaired) electrons. The fourth-order valence-corrected chi connectivity index (χ4v) is 6.92. The maximum absolute atomic E-state index is 13.4. The number of fused-ring (bicyclic) bond motifs is 1. The molecule has 1 heterocycles. The molecule has 0 bridgehead atoms. The molecule has 3 aromatic rings. The van der Waals surface area contributed by atoms with E-state index in [1.807, 2.05) is 0 Å². The Morgan fingerprint density at radius 1 is 0.950 bits per heavy atom.